The maximum absolute atomic E-state index is 10.1. The molecule has 1 aromatic carbocycles. The molecule has 1 aliphatic heterocycles. The van der Waals surface area contributed by atoms with Crippen molar-refractivity contribution in [1.29, 1.82) is 0 Å². The van der Waals surface area contributed by atoms with Gasteiger partial charge in [-0.25, -0.2) is 0 Å². The first-order valence-corrected chi connectivity index (χ1v) is 9.82. The van der Waals surface area contributed by atoms with Crippen LogP contribution >= 0.6 is 34.5 Å². The standard InChI is InChI=1S/C18H21Cl2N3OS/c1-22-4-6-23(7-5-22)16(17-3-2-8-25-17)12-21-11-13-9-14(19)10-15(20)18(13)24/h2-3,8-11,16,24H,4-7,12H2,1H3/t16-/m1/s1. The number of phenols is 1. The smallest absolute Gasteiger partial charge is 0.143 e. The highest BCUT2D eigenvalue weighted by molar-refractivity contribution is 7.10. The van der Waals surface area contributed by atoms with E-state index in [9.17, 15) is 5.11 Å². The number of halogens is 2. The predicted molar refractivity (Wildman–Crippen MR) is 107 cm³/mol. The molecule has 0 radical (unpaired) electrons. The SMILES string of the molecule is CN1CCN([C@H](CN=Cc2cc(Cl)cc(Cl)c2O)c2cccs2)CC1. The first kappa shape index (κ1) is 18.7. The molecule has 1 N–H and O–H groups in total. The molecule has 0 spiro atoms. The van der Waals surface area contributed by atoms with Crippen LogP contribution in [0, 0.1) is 0 Å². The Hall–Kier alpha value is -1.11. The third-order valence-electron chi connectivity index (χ3n) is 4.42. The molecule has 3 rings (SSSR count). The van der Waals surface area contributed by atoms with Crippen molar-refractivity contribution >= 4 is 40.8 Å². The Kier molecular flexibility index (Phi) is 6.36. The van der Waals surface area contributed by atoms with Crippen LogP contribution in [0.25, 0.3) is 0 Å². The van der Waals surface area contributed by atoms with Crippen molar-refractivity contribution in [3.63, 3.8) is 0 Å². The van der Waals surface area contributed by atoms with Crippen LogP contribution in [0.15, 0.2) is 34.6 Å². The van der Waals surface area contributed by atoms with Crippen LogP contribution in [-0.2, 0) is 0 Å². The normalized spacial score (nSPS) is 18.0. The lowest BCUT2D eigenvalue weighted by Gasteiger charge is -2.37. The van der Waals surface area contributed by atoms with Crippen LogP contribution in [0.3, 0.4) is 0 Å². The molecular weight excluding hydrogens is 377 g/mol. The molecule has 25 heavy (non-hydrogen) atoms. The van der Waals surface area contributed by atoms with Gasteiger partial charge in [0.25, 0.3) is 0 Å². The number of aliphatic imine (C=N–C) groups is 1. The average molecular weight is 398 g/mol. The van der Waals surface area contributed by atoms with Gasteiger partial charge < -0.3 is 10.0 Å². The van der Waals surface area contributed by atoms with Gasteiger partial charge in [0.05, 0.1) is 17.6 Å². The average Bonchev–Trinajstić information content (AvgIpc) is 3.11. The van der Waals surface area contributed by atoms with Crippen molar-refractivity contribution in [2.45, 2.75) is 6.04 Å². The van der Waals surface area contributed by atoms with Gasteiger partial charge >= 0.3 is 0 Å². The van der Waals surface area contributed by atoms with E-state index in [1.54, 1.807) is 23.6 Å². The number of phenolic OH excluding ortho intramolecular Hbond substituents is 1. The Morgan fingerprint density at radius 3 is 2.72 bits per heavy atom. The number of thiophene rings is 1. The zero-order valence-electron chi connectivity index (χ0n) is 14.0. The van der Waals surface area contributed by atoms with E-state index in [-0.39, 0.29) is 16.8 Å². The summed E-state index contributed by atoms with van der Waals surface area (Å²) < 4.78 is 0. The van der Waals surface area contributed by atoms with Gasteiger partial charge in [-0.15, -0.1) is 11.3 Å². The molecule has 1 atom stereocenters. The van der Waals surface area contributed by atoms with Crippen LogP contribution < -0.4 is 0 Å². The summed E-state index contributed by atoms with van der Waals surface area (Å²) in [5.74, 6) is 0.0158. The molecule has 0 saturated carbocycles. The molecule has 0 amide bonds. The Labute approximate surface area is 162 Å². The fourth-order valence-electron chi connectivity index (χ4n) is 2.94. The molecule has 1 saturated heterocycles. The number of aromatic hydroxyl groups is 1. The first-order chi connectivity index (χ1) is 12.0. The van der Waals surface area contributed by atoms with E-state index in [2.05, 4.69) is 39.4 Å². The number of benzene rings is 1. The second-order valence-electron chi connectivity index (χ2n) is 6.19. The molecule has 134 valence electrons. The molecule has 1 aliphatic rings. The summed E-state index contributed by atoms with van der Waals surface area (Å²) in [6.45, 7) is 4.83. The van der Waals surface area contributed by atoms with Gasteiger partial charge in [-0.2, -0.15) is 0 Å². The Morgan fingerprint density at radius 2 is 2.04 bits per heavy atom. The molecule has 2 aromatic rings. The summed E-state index contributed by atoms with van der Waals surface area (Å²) in [5.41, 5.74) is 0.542. The quantitative estimate of drug-likeness (QED) is 0.769. The van der Waals surface area contributed by atoms with E-state index in [0.717, 1.165) is 26.2 Å². The fraction of sp³-hybridized carbons (Fsp3) is 0.389. The van der Waals surface area contributed by atoms with E-state index >= 15 is 0 Å². The minimum Gasteiger partial charge on any atom is -0.506 e. The molecular formula is C18H21Cl2N3OS. The molecule has 1 aromatic heterocycles. The molecule has 7 heteroatoms. The Morgan fingerprint density at radius 1 is 1.28 bits per heavy atom. The van der Waals surface area contributed by atoms with Crippen LogP contribution in [-0.4, -0.2) is 60.9 Å². The lowest BCUT2D eigenvalue weighted by Crippen LogP contribution is -2.46. The zero-order chi connectivity index (χ0) is 17.8. The number of hydrogen-bond donors (Lipinski definition) is 1. The molecule has 0 unspecified atom stereocenters. The topological polar surface area (TPSA) is 39.1 Å². The van der Waals surface area contributed by atoms with Crippen LogP contribution in [0.4, 0.5) is 0 Å². The summed E-state index contributed by atoms with van der Waals surface area (Å²) in [6, 6.07) is 7.69. The van der Waals surface area contributed by atoms with Gasteiger partial charge in [-0.3, -0.25) is 9.89 Å². The number of likely N-dealkylation sites (N-methyl/N-ethyl adjacent to an activating group) is 1. The number of rotatable bonds is 5. The largest absolute Gasteiger partial charge is 0.506 e. The van der Waals surface area contributed by atoms with Gasteiger partial charge in [0, 0.05) is 47.9 Å². The summed E-state index contributed by atoms with van der Waals surface area (Å²) >= 11 is 13.7. The maximum atomic E-state index is 10.1. The second-order valence-corrected chi connectivity index (χ2v) is 8.01. The lowest BCUT2D eigenvalue weighted by molar-refractivity contribution is 0.116. The van der Waals surface area contributed by atoms with E-state index in [1.165, 1.54) is 10.9 Å². The minimum absolute atomic E-state index is 0.0158. The maximum Gasteiger partial charge on any atom is 0.143 e. The van der Waals surface area contributed by atoms with Crippen molar-refractivity contribution in [3.8, 4) is 5.75 Å². The molecule has 4 nitrogen and oxygen atoms in total. The van der Waals surface area contributed by atoms with E-state index < -0.39 is 0 Å². The van der Waals surface area contributed by atoms with Gasteiger partial charge in [-0.05, 0) is 30.6 Å². The van der Waals surface area contributed by atoms with Gasteiger partial charge in [-0.1, -0.05) is 29.3 Å². The van der Waals surface area contributed by atoms with Crippen molar-refractivity contribution in [2.75, 3.05) is 39.8 Å². The second kappa shape index (κ2) is 8.52. The minimum atomic E-state index is 0.0158. The molecule has 0 aliphatic carbocycles. The summed E-state index contributed by atoms with van der Waals surface area (Å²) in [6.07, 6.45) is 1.66. The fourth-order valence-corrected chi connectivity index (χ4v) is 4.30. The van der Waals surface area contributed by atoms with Crippen LogP contribution in [0.5, 0.6) is 5.75 Å². The molecule has 0 bridgehead atoms. The Balaban J connectivity index is 1.75. The highest BCUT2D eigenvalue weighted by atomic mass is 35.5. The molecule has 1 fully saturated rings. The number of hydrogen-bond acceptors (Lipinski definition) is 5. The number of piperazine rings is 1. The third kappa shape index (κ3) is 4.74. The van der Waals surface area contributed by atoms with Crippen molar-refractivity contribution < 1.29 is 5.11 Å². The van der Waals surface area contributed by atoms with Gasteiger partial charge in [0.1, 0.15) is 5.75 Å². The van der Waals surface area contributed by atoms with Crippen LogP contribution in [0.1, 0.15) is 16.5 Å². The summed E-state index contributed by atoms with van der Waals surface area (Å²) in [5, 5.41) is 12.9. The number of nitrogens with zero attached hydrogens (tertiary/aromatic N) is 3. The zero-order valence-corrected chi connectivity index (χ0v) is 16.4. The summed E-state index contributed by atoms with van der Waals surface area (Å²) in [7, 11) is 2.15. The van der Waals surface area contributed by atoms with E-state index in [1.807, 2.05) is 0 Å². The van der Waals surface area contributed by atoms with Crippen molar-refractivity contribution in [3.05, 3.63) is 50.1 Å². The Bertz CT molecular complexity index is 728. The van der Waals surface area contributed by atoms with E-state index in [4.69, 9.17) is 23.2 Å². The van der Waals surface area contributed by atoms with Gasteiger partial charge in [0.15, 0.2) is 0 Å². The van der Waals surface area contributed by atoms with E-state index in [0.29, 0.717) is 17.1 Å². The van der Waals surface area contributed by atoms with Crippen molar-refractivity contribution in [2.24, 2.45) is 4.99 Å². The third-order valence-corrected chi connectivity index (χ3v) is 5.90. The highest BCUT2D eigenvalue weighted by Gasteiger charge is 2.24. The van der Waals surface area contributed by atoms with Crippen molar-refractivity contribution in [1.82, 2.24) is 9.80 Å². The van der Waals surface area contributed by atoms with Crippen LogP contribution in [0.2, 0.25) is 10.0 Å². The lowest BCUT2D eigenvalue weighted by atomic mass is 10.1. The molecule has 2 heterocycles. The first-order valence-electron chi connectivity index (χ1n) is 8.18. The predicted octanol–water partition coefficient (Wildman–Crippen LogP) is 4.17. The van der Waals surface area contributed by atoms with Gasteiger partial charge in [0.2, 0.25) is 0 Å². The summed E-state index contributed by atoms with van der Waals surface area (Å²) in [4.78, 5) is 10.7. The highest BCUT2D eigenvalue weighted by Crippen LogP contribution is 2.30. The monoisotopic (exact) mass is 397 g/mol.